The smallest absolute Gasteiger partial charge is 0.251 e. The zero-order valence-corrected chi connectivity index (χ0v) is 15.4. The number of methoxy groups -OCH3 is 1. The van der Waals surface area contributed by atoms with Crippen molar-refractivity contribution in [2.75, 3.05) is 45.2 Å². The molecule has 1 aromatic carbocycles. The van der Waals surface area contributed by atoms with E-state index in [-0.39, 0.29) is 50.2 Å². The van der Waals surface area contributed by atoms with E-state index in [1.807, 2.05) is 17.0 Å². The van der Waals surface area contributed by atoms with E-state index in [0.29, 0.717) is 30.9 Å². The highest BCUT2D eigenvalue weighted by atomic mass is 19.3. The van der Waals surface area contributed by atoms with Crippen LogP contribution >= 0.6 is 0 Å². The number of alkyl halides is 2. The molecule has 0 bridgehead atoms. The van der Waals surface area contributed by atoms with Crippen LogP contribution in [0.5, 0.6) is 5.75 Å². The van der Waals surface area contributed by atoms with Gasteiger partial charge < -0.3 is 15.0 Å². The van der Waals surface area contributed by atoms with Crippen LogP contribution in [0, 0.1) is 5.92 Å². The van der Waals surface area contributed by atoms with Crippen molar-refractivity contribution in [2.24, 2.45) is 5.92 Å². The van der Waals surface area contributed by atoms with Crippen molar-refractivity contribution < 1.29 is 23.1 Å². The molecule has 0 aromatic heterocycles. The van der Waals surface area contributed by atoms with E-state index in [1.54, 1.807) is 17.0 Å². The molecule has 27 heavy (non-hydrogen) atoms. The minimum absolute atomic E-state index is 0.0712. The lowest BCUT2D eigenvalue weighted by Crippen LogP contribution is -2.45. The first kappa shape index (κ1) is 19.5. The summed E-state index contributed by atoms with van der Waals surface area (Å²) < 4.78 is 31.7. The third-order valence-electron chi connectivity index (χ3n) is 5.18. The van der Waals surface area contributed by atoms with Crippen molar-refractivity contribution in [3.05, 3.63) is 24.3 Å². The van der Waals surface area contributed by atoms with Gasteiger partial charge in [-0.2, -0.15) is 0 Å². The number of para-hydroxylation sites is 2. The molecule has 0 aliphatic carbocycles. The molecule has 1 atom stereocenters. The molecule has 1 aromatic rings. The molecule has 0 saturated carbocycles. The molecule has 148 valence electrons. The van der Waals surface area contributed by atoms with E-state index < -0.39 is 5.92 Å². The van der Waals surface area contributed by atoms with Crippen molar-refractivity contribution in [3.63, 3.8) is 0 Å². The maximum absolute atomic E-state index is 13.3. The van der Waals surface area contributed by atoms with E-state index in [2.05, 4.69) is 5.32 Å². The Balaban J connectivity index is 1.48. The molecule has 0 spiro atoms. The lowest BCUT2D eigenvalue weighted by Gasteiger charge is -2.33. The molecule has 0 radical (unpaired) electrons. The molecule has 8 heteroatoms. The fraction of sp³-hybridized carbons (Fsp3) is 0.579. The maximum Gasteiger partial charge on any atom is 0.251 e. The molecule has 2 heterocycles. The Kier molecular flexibility index (Phi) is 5.94. The number of anilines is 1. The van der Waals surface area contributed by atoms with Gasteiger partial charge in [-0.05, 0) is 25.1 Å². The minimum Gasteiger partial charge on any atom is -0.495 e. The standard InChI is InChI=1S/C19H25F2N3O3/c1-27-16-5-3-2-4-15(16)22-17(25)13-23-9-6-14(12-23)18(26)24-10-7-19(20,21)8-11-24/h2-5,14H,6-13H2,1H3,(H,22,25). The van der Waals surface area contributed by atoms with Gasteiger partial charge in [0.1, 0.15) is 5.75 Å². The number of likely N-dealkylation sites (tertiary alicyclic amines) is 2. The topological polar surface area (TPSA) is 61.9 Å². The number of nitrogens with one attached hydrogen (secondary N) is 1. The summed E-state index contributed by atoms with van der Waals surface area (Å²) in [6, 6.07) is 7.16. The number of ether oxygens (including phenoxy) is 1. The van der Waals surface area contributed by atoms with E-state index in [1.165, 1.54) is 7.11 Å². The van der Waals surface area contributed by atoms with Gasteiger partial charge in [0, 0.05) is 32.5 Å². The molecule has 2 amide bonds. The van der Waals surface area contributed by atoms with Gasteiger partial charge in [0.15, 0.2) is 0 Å². The fourth-order valence-corrected chi connectivity index (χ4v) is 3.63. The molecule has 6 nitrogen and oxygen atoms in total. The van der Waals surface area contributed by atoms with Gasteiger partial charge in [-0.3, -0.25) is 14.5 Å². The highest BCUT2D eigenvalue weighted by Crippen LogP contribution is 2.29. The van der Waals surface area contributed by atoms with Crippen LogP contribution in [0.3, 0.4) is 0 Å². The second kappa shape index (κ2) is 8.21. The Bertz CT molecular complexity index is 689. The Morgan fingerprint density at radius 3 is 2.63 bits per heavy atom. The predicted molar refractivity (Wildman–Crippen MR) is 96.9 cm³/mol. The number of amides is 2. The average molecular weight is 381 g/mol. The SMILES string of the molecule is COc1ccccc1NC(=O)CN1CCC(C(=O)N2CCC(F)(F)CC2)C1. The number of hydrogen-bond acceptors (Lipinski definition) is 4. The molecule has 3 rings (SSSR count). The van der Waals surface area contributed by atoms with Crippen LogP contribution in [0.25, 0.3) is 0 Å². The Morgan fingerprint density at radius 1 is 1.22 bits per heavy atom. The van der Waals surface area contributed by atoms with Crippen LogP contribution < -0.4 is 10.1 Å². The van der Waals surface area contributed by atoms with Crippen molar-refractivity contribution in [2.45, 2.75) is 25.2 Å². The van der Waals surface area contributed by atoms with Crippen molar-refractivity contribution in [1.82, 2.24) is 9.80 Å². The van der Waals surface area contributed by atoms with E-state index in [9.17, 15) is 18.4 Å². The molecule has 2 aliphatic heterocycles. The Morgan fingerprint density at radius 2 is 1.93 bits per heavy atom. The number of carbonyl (C=O) groups excluding carboxylic acids is 2. The third-order valence-corrected chi connectivity index (χ3v) is 5.18. The number of hydrogen-bond donors (Lipinski definition) is 1. The summed E-state index contributed by atoms with van der Waals surface area (Å²) in [4.78, 5) is 28.3. The number of rotatable bonds is 5. The molecule has 1 unspecified atom stereocenters. The fourth-order valence-electron chi connectivity index (χ4n) is 3.63. The lowest BCUT2D eigenvalue weighted by atomic mass is 10.0. The number of piperidine rings is 1. The minimum atomic E-state index is -2.66. The van der Waals surface area contributed by atoms with Gasteiger partial charge in [0.2, 0.25) is 11.8 Å². The summed E-state index contributed by atoms with van der Waals surface area (Å²) in [5, 5.41) is 2.82. The molecule has 2 fully saturated rings. The first-order valence-corrected chi connectivity index (χ1v) is 9.20. The first-order chi connectivity index (χ1) is 12.9. The average Bonchev–Trinajstić information content (AvgIpc) is 3.10. The summed E-state index contributed by atoms with van der Waals surface area (Å²) >= 11 is 0. The van der Waals surface area contributed by atoms with Crippen LogP contribution in [-0.2, 0) is 9.59 Å². The van der Waals surface area contributed by atoms with Crippen molar-refractivity contribution >= 4 is 17.5 Å². The molecular weight excluding hydrogens is 356 g/mol. The maximum atomic E-state index is 13.3. The molecule has 1 N–H and O–H groups in total. The number of nitrogens with zero attached hydrogens (tertiary/aromatic N) is 2. The zero-order chi connectivity index (χ0) is 19.4. The van der Waals surface area contributed by atoms with Crippen molar-refractivity contribution in [3.8, 4) is 5.75 Å². The summed E-state index contributed by atoms with van der Waals surface area (Å²) in [6.45, 7) is 1.51. The second-order valence-corrected chi connectivity index (χ2v) is 7.15. The van der Waals surface area contributed by atoms with Crippen LogP contribution in [0.15, 0.2) is 24.3 Å². The van der Waals surface area contributed by atoms with Crippen LogP contribution in [0.4, 0.5) is 14.5 Å². The number of halogens is 2. The Hall–Kier alpha value is -2.22. The molecule has 2 aliphatic rings. The largest absolute Gasteiger partial charge is 0.495 e. The third kappa shape index (κ3) is 4.94. The van der Waals surface area contributed by atoms with Gasteiger partial charge >= 0.3 is 0 Å². The molecule has 2 saturated heterocycles. The van der Waals surface area contributed by atoms with Gasteiger partial charge in [-0.1, -0.05) is 12.1 Å². The second-order valence-electron chi connectivity index (χ2n) is 7.15. The molecular formula is C19H25F2N3O3. The van der Waals surface area contributed by atoms with Crippen LogP contribution in [0.1, 0.15) is 19.3 Å². The van der Waals surface area contributed by atoms with Gasteiger partial charge in [-0.15, -0.1) is 0 Å². The van der Waals surface area contributed by atoms with Gasteiger partial charge in [0.05, 0.1) is 25.3 Å². The highest BCUT2D eigenvalue weighted by Gasteiger charge is 2.38. The number of carbonyl (C=O) groups is 2. The van der Waals surface area contributed by atoms with E-state index >= 15 is 0 Å². The van der Waals surface area contributed by atoms with E-state index in [4.69, 9.17) is 4.74 Å². The lowest BCUT2D eigenvalue weighted by molar-refractivity contribution is -0.141. The summed E-state index contributed by atoms with van der Waals surface area (Å²) in [5.74, 6) is -2.55. The van der Waals surface area contributed by atoms with Crippen LogP contribution in [-0.4, -0.2) is 67.4 Å². The normalized spacial score (nSPS) is 22.5. The van der Waals surface area contributed by atoms with E-state index in [0.717, 1.165) is 0 Å². The number of benzene rings is 1. The van der Waals surface area contributed by atoms with Crippen LogP contribution in [0.2, 0.25) is 0 Å². The summed E-state index contributed by atoms with van der Waals surface area (Å²) in [5.41, 5.74) is 0.603. The van der Waals surface area contributed by atoms with Gasteiger partial charge in [-0.25, -0.2) is 8.78 Å². The highest BCUT2D eigenvalue weighted by molar-refractivity contribution is 5.93. The predicted octanol–water partition coefficient (Wildman–Crippen LogP) is 2.21. The Labute approximate surface area is 157 Å². The first-order valence-electron chi connectivity index (χ1n) is 9.20. The summed E-state index contributed by atoms with van der Waals surface area (Å²) in [6.07, 6.45) is 0.112. The monoisotopic (exact) mass is 381 g/mol. The van der Waals surface area contributed by atoms with Crippen molar-refractivity contribution in [1.29, 1.82) is 0 Å². The quantitative estimate of drug-likeness (QED) is 0.850. The summed E-state index contributed by atoms with van der Waals surface area (Å²) in [7, 11) is 1.54. The zero-order valence-electron chi connectivity index (χ0n) is 15.4. The van der Waals surface area contributed by atoms with Gasteiger partial charge in [0.25, 0.3) is 5.92 Å².